The van der Waals surface area contributed by atoms with Crippen molar-refractivity contribution in [2.45, 2.75) is 26.7 Å². The lowest BCUT2D eigenvalue weighted by atomic mass is 10.2. The Labute approximate surface area is 146 Å². The van der Waals surface area contributed by atoms with E-state index in [4.69, 9.17) is 4.42 Å². The van der Waals surface area contributed by atoms with Crippen LogP contribution < -0.4 is 0 Å². The first-order chi connectivity index (χ1) is 12.1. The summed E-state index contributed by atoms with van der Waals surface area (Å²) in [5.74, 6) is 1.02. The number of hydrogen-bond donors (Lipinski definition) is 0. The van der Waals surface area contributed by atoms with Crippen molar-refractivity contribution in [2.75, 3.05) is 13.6 Å². The van der Waals surface area contributed by atoms with Crippen molar-refractivity contribution in [1.29, 1.82) is 0 Å². The fourth-order valence-corrected chi connectivity index (χ4v) is 2.54. The van der Waals surface area contributed by atoms with Crippen LogP contribution in [0.15, 0.2) is 41.3 Å². The van der Waals surface area contributed by atoms with E-state index in [1.807, 2.05) is 20.0 Å². The summed E-state index contributed by atoms with van der Waals surface area (Å²) in [6.07, 6.45) is 6.84. The topological polar surface area (TPSA) is 77.0 Å². The van der Waals surface area contributed by atoms with Crippen molar-refractivity contribution >= 4 is 5.91 Å². The molecule has 0 fully saturated rings. The predicted molar refractivity (Wildman–Crippen MR) is 93.5 cm³/mol. The first-order valence-corrected chi connectivity index (χ1v) is 8.29. The molecule has 3 aromatic heterocycles. The van der Waals surface area contributed by atoms with Crippen molar-refractivity contribution in [3.8, 4) is 17.4 Å². The quantitative estimate of drug-likeness (QED) is 0.689. The molecule has 1 amide bonds. The molecule has 7 nitrogen and oxygen atoms in total. The fourth-order valence-electron chi connectivity index (χ4n) is 2.54. The zero-order valence-electron chi connectivity index (χ0n) is 14.6. The molecule has 3 rings (SSSR count). The monoisotopic (exact) mass is 339 g/mol. The molecule has 0 aliphatic heterocycles. The van der Waals surface area contributed by atoms with E-state index in [0.717, 1.165) is 19.4 Å². The number of furan rings is 1. The third-order valence-corrected chi connectivity index (χ3v) is 4.04. The zero-order chi connectivity index (χ0) is 17.8. The van der Waals surface area contributed by atoms with Crippen molar-refractivity contribution in [2.24, 2.45) is 0 Å². The molecule has 130 valence electrons. The van der Waals surface area contributed by atoms with Gasteiger partial charge in [0.15, 0.2) is 5.76 Å². The van der Waals surface area contributed by atoms with Gasteiger partial charge in [-0.25, -0.2) is 14.6 Å². The minimum absolute atomic E-state index is 0.0422. The van der Waals surface area contributed by atoms with Gasteiger partial charge in [0, 0.05) is 19.8 Å². The van der Waals surface area contributed by atoms with Gasteiger partial charge in [-0.15, -0.1) is 0 Å². The van der Waals surface area contributed by atoms with E-state index in [-0.39, 0.29) is 5.91 Å². The third-order valence-electron chi connectivity index (χ3n) is 4.04. The predicted octanol–water partition coefficient (Wildman–Crippen LogP) is 3.10. The number of amides is 1. The van der Waals surface area contributed by atoms with Crippen molar-refractivity contribution in [3.05, 3.63) is 48.1 Å². The molecule has 0 aromatic carbocycles. The summed E-state index contributed by atoms with van der Waals surface area (Å²) < 4.78 is 6.95. The molecule has 0 atom stereocenters. The number of carbonyl (C=O) groups is 1. The molecule has 0 aliphatic rings. The average molecular weight is 339 g/mol. The molecule has 0 saturated carbocycles. The summed E-state index contributed by atoms with van der Waals surface area (Å²) in [5.41, 5.74) is 1.94. The highest BCUT2D eigenvalue weighted by atomic mass is 16.3. The molecule has 0 spiro atoms. The Hall–Kier alpha value is -2.96. The zero-order valence-corrected chi connectivity index (χ0v) is 14.6. The van der Waals surface area contributed by atoms with Gasteiger partial charge in [0.1, 0.15) is 5.69 Å². The van der Waals surface area contributed by atoms with E-state index in [1.165, 1.54) is 0 Å². The normalized spacial score (nSPS) is 10.8. The number of unbranched alkanes of at least 4 members (excludes halogenated alkanes) is 1. The fraction of sp³-hybridized carbons (Fsp3) is 0.333. The van der Waals surface area contributed by atoms with Crippen LogP contribution in [0.2, 0.25) is 0 Å². The number of hydrogen-bond acceptors (Lipinski definition) is 5. The van der Waals surface area contributed by atoms with Gasteiger partial charge < -0.3 is 9.32 Å². The Morgan fingerprint density at radius 2 is 2.20 bits per heavy atom. The Bertz CT molecular complexity index is 854. The molecule has 0 unspecified atom stereocenters. The second-order valence-corrected chi connectivity index (χ2v) is 5.85. The second kappa shape index (κ2) is 7.29. The van der Waals surface area contributed by atoms with Crippen LogP contribution in [0.25, 0.3) is 17.4 Å². The van der Waals surface area contributed by atoms with E-state index in [9.17, 15) is 4.79 Å². The maximum absolute atomic E-state index is 12.6. The maximum atomic E-state index is 12.6. The smallest absolute Gasteiger partial charge is 0.257 e. The lowest BCUT2D eigenvalue weighted by Gasteiger charge is -2.16. The molecule has 3 aromatic rings. The summed E-state index contributed by atoms with van der Waals surface area (Å²) in [6.45, 7) is 4.67. The van der Waals surface area contributed by atoms with E-state index >= 15 is 0 Å². The first kappa shape index (κ1) is 16.9. The van der Waals surface area contributed by atoms with E-state index in [1.54, 1.807) is 40.4 Å². The van der Waals surface area contributed by atoms with Gasteiger partial charge in [0.05, 0.1) is 23.7 Å². The Morgan fingerprint density at radius 1 is 1.36 bits per heavy atom. The largest absolute Gasteiger partial charge is 0.463 e. The van der Waals surface area contributed by atoms with Crippen LogP contribution in [0.5, 0.6) is 0 Å². The summed E-state index contributed by atoms with van der Waals surface area (Å²) in [6, 6.07) is 5.41. The van der Waals surface area contributed by atoms with Gasteiger partial charge in [0.2, 0.25) is 0 Å². The molecule has 0 radical (unpaired) electrons. The van der Waals surface area contributed by atoms with E-state index in [0.29, 0.717) is 28.7 Å². The number of aromatic nitrogens is 4. The standard InChI is InChI=1S/C18H21N5O2/c1-4-5-10-22(3)17(24)14-12-20-23(13(14)2)18-19-9-8-15(21-18)16-7-6-11-25-16/h6-9,11-12H,4-5,10H2,1-3H3. The van der Waals surface area contributed by atoms with Gasteiger partial charge in [-0.05, 0) is 31.5 Å². The molecule has 3 heterocycles. The van der Waals surface area contributed by atoms with Crippen LogP contribution in [0, 0.1) is 6.92 Å². The second-order valence-electron chi connectivity index (χ2n) is 5.85. The minimum atomic E-state index is -0.0422. The average Bonchev–Trinajstić information content (AvgIpc) is 3.29. The molecular formula is C18H21N5O2. The Morgan fingerprint density at radius 3 is 2.92 bits per heavy atom. The third kappa shape index (κ3) is 3.45. The van der Waals surface area contributed by atoms with Crippen molar-refractivity contribution in [1.82, 2.24) is 24.6 Å². The molecule has 7 heteroatoms. The highest BCUT2D eigenvalue weighted by Gasteiger charge is 2.19. The summed E-state index contributed by atoms with van der Waals surface area (Å²) in [5, 5.41) is 4.31. The number of nitrogens with zero attached hydrogens (tertiary/aromatic N) is 5. The molecule has 0 N–H and O–H groups in total. The summed E-state index contributed by atoms with van der Waals surface area (Å²) in [4.78, 5) is 23.1. The number of carbonyl (C=O) groups excluding carboxylic acids is 1. The molecule has 0 saturated heterocycles. The van der Waals surface area contributed by atoms with Crippen LogP contribution in [0.1, 0.15) is 35.8 Å². The van der Waals surface area contributed by atoms with Crippen LogP contribution in [0.4, 0.5) is 0 Å². The van der Waals surface area contributed by atoms with Crippen LogP contribution in [0.3, 0.4) is 0 Å². The van der Waals surface area contributed by atoms with Crippen LogP contribution in [-0.2, 0) is 0 Å². The molecule has 25 heavy (non-hydrogen) atoms. The SMILES string of the molecule is CCCCN(C)C(=O)c1cnn(-c2nccc(-c3ccco3)n2)c1C. The Kier molecular flexibility index (Phi) is 4.92. The lowest BCUT2D eigenvalue weighted by molar-refractivity contribution is 0.0792. The first-order valence-electron chi connectivity index (χ1n) is 8.29. The lowest BCUT2D eigenvalue weighted by Crippen LogP contribution is -2.28. The molecular weight excluding hydrogens is 318 g/mol. The van der Waals surface area contributed by atoms with E-state index < -0.39 is 0 Å². The van der Waals surface area contributed by atoms with Gasteiger partial charge in [0.25, 0.3) is 11.9 Å². The highest BCUT2D eigenvalue weighted by molar-refractivity contribution is 5.95. The van der Waals surface area contributed by atoms with Crippen molar-refractivity contribution < 1.29 is 9.21 Å². The molecule has 0 bridgehead atoms. The summed E-state index contributed by atoms with van der Waals surface area (Å²) >= 11 is 0. The summed E-state index contributed by atoms with van der Waals surface area (Å²) in [7, 11) is 1.81. The number of rotatable bonds is 6. The highest BCUT2D eigenvalue weighted by Crippen LogP contribution is 2.19. The van der Waals surface area contributed by atoms with Crippen molar-refractivity contribution in [3.63, 3.8) is 0 Å². The van der Waals surface area contributed by atoms with Gasteiger partial charge in [-0.3, -0.25) is 4.79 Å². The Balaban J connectivity index is 1.89. The van der Waals surface area contributed by atoms with Gasteiger partial charge in [-0.1, -0.05) is 13.3 Å². The van der Waals surface area contributed by atoms with Crippen LogP contribution in [-0.4, -0.2) is 44.1 Å². The maximum Gasteiger partial charge on any atom is 0.257 e. The van der Waals surface area contributed by atoms with Gasteiger partial charge in [-0.2, -0.15) is 5.10 Å². The van der Waals surface area contributed by atoms with E-state index in [2.05, 4.69) is 22.0 Å². The van der Waals surface area contributed by atoms with Gasteiger partial charge >= 0.3 is 0 Å². The molecule has 0 aliphatic carbocycles. The van der Waals surface area contributed by atoms with Crippen LogP contribution >= 0.6 is 0 Å². The minimum Gasteiger partial charge on any atom is -0.463 e.